The summed E-state index contributed by atoms with van der Waals surface area (Å²) in [5.74, 6) is 0. The molecule has 1 aromatic carbocycles. The van der Waals surface area contributed by atoms with Crippen LogP contribution in [0.25, 0.3) is 5.57 Å². The Morgan fingerprint density at radius 3 is 2.43 bits per heavy atom. The second kappa shape index (κ2) is 5.06. The number of allylic oxidation sites excluding steroid dienone is 4. The van der Waals surface area contributed by atoms with Crippen molar-refractivity contribution in [3.8, 4) is 0 Å². The van der Waals surface area contributed by atoms with Crippen molar-refractivity contribution in [1.82, 2.24) is 0 Å². The first-order valence-electron chi connectivity index (χ1n) is 4.71. The summed E-state index contributed by atoms with van der Waals surface area (Å²) < 4.78 is 0. The minimum atomic E-state index is 1.01. The van der Waals surface area contributed by atoms with E-state index in [0.717, 1.165) is 4.90 Å². The smallest absolute Gasteiger partial charge is 0.00460 e. The molecule has 0 unspecified atom stereocenters. The molecule has 0 aliphatic rings. The van der Waals surface area contributed by atoms with Crippen LogP contribution in [0.15, 0.2) is 46.9 Å². The average molecular weight is 204 g/mol. The van der Waals surface area contributed by atoms with Gasteiger partial charge in [0.2, 0.25) is 0 Å². The lowest BCUT2D eigenvalue weighted by Gasteiger charge is -2.01. The van der Waals surface area contributed by atoms with E-state index in [1.165, 1.54) is 16.7 Å². The van der Waals surface area contributed by atoms with Crippen LogP contribution >= 0.6 is 12.6 Å². The van der Waals surface area contributed by atoms with E-state index in [2.05, 4.69) is 57.7 Å². The molecule has 0 N–H and O–H groups in total. The first kappa shape index (κ1) is 11.1. The first-order chi connectivity index (χ1) is 6.59. The van der Waals surface area contributed by atoms with Crippen LogP contribution in [0.3, 0.4) is 0 Å². The highest BCUT2D eigenvalue weighted by Crippen LogP contribution is 2.17. The summed E-state index contributed by atoms with van der Waals surface area (Å²) in [6.45, 7) is 6.31. The summed E-state index contributed by atoms with van der Waals surface area (Å²) in [6.07, 6.45) is 4.26. The Balaban J connectivity index is 2.95. The van der Waals surface area contributed by atoms with E-state index < -0.39 is 0 Å². The monoisotopic (exact) mass is 204 g/mol. The SMILES string of the molecule is CC(C)=C/C=C(\C)c1cccc(S)c1. The molecular formula is C13H16S. The van der Waals surface area contributed by atoms with Gasteiger partial charge in [-0.1, -0.05) is 29.9 Å². The van der Waals surface area contributed by atoms with Crippen molar-refractivity contribution >= 4 is 18.2 Å². The van der Waals surface area contributed by atoms with E-state index in [1.54, 1.807) is 0 Å². The molecule has 0 spiro atoms. The number of rotatable bonds is 2. The predicted molar refractivity (Wildman–Crippen MR) is 66.8 cm³/mol. The zero-order valence-electron chi connectivity index (χ0n) is 8.91. The van der Waals surface area contributed by atoms with Gasteiger partial charge in [0.15, 0.2) is 0 Å². The molecule has 1 aromatic rings. The molecule has 1 heteroatoms. The Hall–Kier alpha value is -0.950. The van der Waals surface area contributed by atoms with Crippen molar-refractivity contribution in [3.63, 3.8) is 0 Å². The van der Waals surface area contributed by atoms with Crippen LogP contribution in [-0.4, -0.2) is 0 Å². The number of thiol groups is 1. The summed E-state index contributed by atoms with van der Waals surface area (Å²) >= 11 is 4.31. The Morgan fingerprint density at radius 1 is 1.14 bits per heavy atom. The zero-order chi connectivity index (χ0) is 10.6. The summed E-state index contributed by atoms with van der Waals surface area (Å²) in [5, 5.41) is 0. The van der Waals surface area contributed by atoms with Gasteiger partial charge in [0.05, 0.1) is 0 Å². The molecule has 14 heavy (non-hydrogen) atoms. The van der Waals surface area contributed by atoms with Crippen molar-refractivity contribution in [2.24, 2.45) is 0 Å². The molecule has 0 heterocycles. The second-order valence-corrected chi connectivity index (χ2v) is 4.16. The Morgan fingerprint density at radius 2 is 1.86 bits per heavy atom. The molecule has 0 saturated heterocycles. The van der Waals surface area contributed by atoms with Crippen molar-refractivity contribution in [1.29, 1.82) is 0 Å². The maximum atomic E-state index is 4.31. The number of benzene rings is 1. The van der Waals surface area contributed by atoms with Gasteiger partial charge < -0.3 is 0 Å². The first-order valence-corrected chi connectivity index (χ1v) is 5.15. The van der Waals surface area contributed by atoms with Crippen LogP contribution < -0.4 is 0 Å². The van der Waals surface area contributed by atoms with Crippen LogP contribution in [-0.2, 0) is 0 Å². The average Bonchev–Trinajstić information content (AvgIpc) is 2.14. The minimum Gasteiger partial charge on any atom is -0.143 e. The largest absolute Gasteiger partial charge is 0.143 e. The van der Waals surface area contributed by atoms with Gasteiger partial charge in [-0.15, -0.1) is 12.6 Å². The highest BCUT2D eigenvalue weighted by Gasteiger charge is 1.94. The zero-order valence-corrected chi connectivity index (χ0v) is 9.81. The van der Waals surface area contributed by atoms with Gasteiger partial charge >= 0.3 is 0 Å². The lowest BCUT2D eigenvalue weighted by atomic mass is 10.1. The van der Waals surface area contributed by atoms with Crippen LogP contribution in [0.4, 0.5) is 0 Å². The molecule has 74 valence electrons. The molecule has 0 aliphatic carbocycles. The highest BCUT2D eigenvalue weighted by molar-refractivity contribution is 7.80. The van der Waals surface area contributed by atoms with E-state index in [4.69, 9.17) is 0 Å². The van der Waals surface area contributed by atoms with E-state index in [9.17, 15) is 0 Å². The third-order valence-corrected chi connectivity index (χ3v) is 2.25. The topological polar surface area (TPSA) is 0 Å². The van der Waals surface area contributed by atoms with Crippen molar-refractivity contribution in [2.75, 3.05) is 0 Å². The summed E-state index contributed by atoms with van der Waals surface area (Å²) in [4.78, 5) is 1.01. The molecule has 0 aliphatic heterocycles. The van der Waals surface area contributed by atoms with Crippen LogP contribution in [0, 0.1) is 0 Å². The Bertz CT molecular complexity index is 369. The molecule has 0 atom stereocenters. The quantitative estimate of drug-likeness (QED) is 0.537. The number of hydrogen-bond donors (Lipinski definition) is 1. The highest BCUT2D eigenvalue weighted by atomic mass is 32.1. The fourth-order valence-electron chi connectivity index (χ4n) is 1.14. The molecule has 0 bridgehead atoms. The molecule has 0 amide bonds. The maximum absolute atomic E-state index is 4.31. The fraction of sp³-hybridized carbons (Fsp3) is 0.231. The third-order valence-electron chi connectivity index (χ3n) is 1.97. The van der Waals surface area contributed by atoms with Gasteiger partial charge in [0.1, 0.15) is 0 Å². The number of hydrogen-bond acceptors (Lipinski definition) is 1. The molecular weight excluding hydrogens is 188 g/mol. The molecule has 0 saturated carbocycles. The van der Waals surface area contributed by atoms with E-state index >= 15 is 0 Å². The summed E-state index contributed by atoms with van der Waals surface area (Å²) in [5.41, 5.74) is 3.81. The predicted octanol–water partition coefficient (Wildman–Crippen LogP) is 4.34. The normalized spacial score (nSPS) is 11.3. The van der Waals surface area contributed by atoms with E-state index in [-0.39, 0.29) is 0 Å². The van der Waals surface area contributed by atoms with E-state index in [0.29, 0.717) is 0 Å². The standard InChI is InChI=1S/C13H16S/c1-10(2)7-8-11(3)12-5-4-6-13(14)9-12/h4-9,14H,1-3H3/b11-8+. The van der Waals surface area contributed by atoms with Gasteiger partial charge in [0, 0.05) is 4.90 Å². The molecule has 0 fully saturated rings. The molecule has 0 radical (unpaired) electrons. The lowest BCUT2D eigenvalue weighted by molar-refractivity contribution is 1.39. The Kier molecular flexibility index (Phi) is 4.02. The molecule has 0 nitrogen and oxygen atoms in total. The molecule has 1 rings (SSSR count). The fourth-order valence-corrected chi connectivity index (χ4v) is 1.36. The summed E-state index contributed by atoms with van der Waals surface area (Å²) in [7, 11) is 0. The minimum absolute atomic E-state index is 1.01. The van der Waals surface area contributed by atoms with Crippen LogP contribution in [0.1, 0.15) is 26.3 Å². The molecule has 0 aromatic heterocycles. The van der Waals surface area contributed by atoms with Crippen molar-refractivity contribution < 1.29 is 0 Å². The van der Waals surface area contributed by atoms with E-state index in [1.807, 2.05) is 12.1 Å². The summed E-state index contributed by atoms with van der Waals surface area (Å²) in [6, 6.07) is 8.19. The van der Waals surface area contributed by atoms with Crippen molar-refractivity contribution in [2.45, 2.75) is 25.7 Å². The van der Waals surface area contributed by atoms with Gasteiger partial charge in [0.25, 0.3) is 0 Å². The maximum Gasteiger partial charge on any atom is 0.00460 e. The van der Waals surface area contributed by atoms with Crippen molar-refractivity contribution in [3.05, 3.63) is 47.6 Å². The second-order valence-electron chi connectivity index (χ2n) is 3.64. The third kappa shape index (κ3) is 3.43. The van der Waals surface area contributed by atoms with Crippen LogP contribution in [0.2, 0.25) is 0 Å². The van der Waals surface area contributed by atoms with Gasteiger partial charge in [-0.2, -0.15) is 0 Å². The Labute approximate surface area is 91.8 Å². The lowest BCUT2D eigenvalue weighted by Crippen LogP contribution is -1.78. The van der Waals surface area contributed by atoms with Gasteiger partial charge in [-0.3, -0.25) is 0 Å². The van der Waals surface area contributed by atoms with Crippen LogP contribution in [0.5, 0.6) is 0 Å². The van der Waals surface area contributed by atoms with Gasteiger partial charge in [-0.25, -0.2) is 0 Å². The van der Waals surface area contributed by atoms with Gasteiger partial charge in [-0.05, 0) is 44.0 Å².